The minimum Gasteiger partial charge on any atom is -0.486 e. The molecule has 1 N–H and O–H groups in total. The molecule has 0 spiro atoms. The number of fused-ring (bicyclic) bond motifs is 1. The molecule has 0 unspecified atom stereocenters. The van der Waals surface area contributed by atoms with E-state index in [-0.39, 0.29) is 18.1 Å². The largest absolute Gasteiger partial charge is 0.486 e. The molecule has 5 rings (SSSR count). The number of H-pyrrole nitrogens is 1. The highest BCUT2D eigenvalue weighted by atomic mass is 35.5. The summed E-state index contributed by atoms with van der Waals surface area (Å²) in [6.07, 6.45) is 6.93. The van der Waals surface area contributed by atoms with E-state index in [0.717, 1.165) is 62.4 Å². The molecule has 1 fully saturated rings. The van der Waals surface area contributed by atoms with Crippen LogP contribution in [0.15, 0.2) is 53.6 Å². The first-order chi connectivity index (χ1) is 18.9. The Bertz CT molecular complexity index is 1410. The van der Waals surface area contributed by atoms with Gasteiger partial charge in [0.15, 0.2) is 0 Å². The zero-order valence-corrected chi connectivity index (χ0v) is 23.2. The summed E-state index contributed by atoms with van der Waals surface area (Å²) >= 11 is 5.93. The van der Waals surface area contributed by atoms with Gasteiger partial charge in [-0.05, 0) is 53.3 Å². The minimum absolute atomic E-state index is 0.153. The maximum absolute atomic E-state index is 12.9. The van der Waals surface area contributed by atoms with E-state index in [4.69, 9.17) is 16.3 Å². The number of amides is 1. The van der Waals surface area contributed by atoms with Crippen LogP contribution in [-0.2, 0) is 24.4 Å². The number of benzene rings is 1. The van der Waals surface area contributed by atoms with E-state index in [9.17, 15) is 9.59 Å². The van der Waals surface area contributed by atoms with Crippen LogP contribution < -0.4 is 10.3 Å². The van der Waals surface area contributed by atoms with Gasteiger partial charge >= 0.3 is 0 Å². The lowest BCUT2D eigenvalue weighted by Crippen LogP contribution is -2.48. The Morgan fingerprint density at radius 1 is 1.08 bits per heavy atom. The predicted molar refractivity (Wildman–Crippen MR) is 154 cm³/mol. The van der Waals surface area contributed by atoms with Crippen molar-refractivity contribution < 1.29 is 9.53 Å². The van der Waals surface area contributed by atoms with Gasteiger partial charge in [-0.3, -0.25) is 24.4 Å². The molecule has 9 heteroatoms. The van der Waals surface area contributed by atoms with Crippen molar-refractivity contribution in [3.05, 3.63) is 92.1 Å². The molecule has 3 aromatic rings. The molecule has 0 bridgehead atoms. The number of hydrogen-bond donors (Lipinski definition) is 1. The van der Waals surface area contributed by atoms with Gasteiger partial charge in [0, 0.05) is 59.2 Å². The molecule has 2 aromatic heterocycles. The fourth-order valence-corrected chi connectivity index (χ4v) is 5.18. The predicted octanol–water partition coefficient (Wildman–Crippen LogP) is 3.69. The van der Waals surface area contributed by atoms with Gasteiger partial charge in [0.2, 0.25) is 5.91 Å². The minimum atomic E-state index is -0.158. The summed E-state index contributed by atoms with van der Waals surface area (Å²) < 4.78 is 6.03. The van der Waals surface area contributed by atoms with Crippen molar-refractivity contribution in [3.63, 3.8) is 0 Å². The molecule has 1 amide bonds. The van der Waals surface area contributed by atoms with Gasteiger partial charge in [0.05, 0.1) is 22.8 Å². The first kappa shape index (κ1) is 27.1. The Hall–Kier alpha value is -3.46. The number of allylic oxidation sites excluding steroid dienone is 1. The van der Waals surface area contributed by atoms with Crippen LogP contribution in [0.4, 0.5) is 0 Å². The second-order valence-electron chi connectivity index (χ2n) is 10.3. The van der Waals surface area contributed by atoms with E-state index in [0.29, 0.717) is 22.9 Å². The molecule has 1 aromatic carbocycles. The van der Waals surface area contributed by atoms with E-state index >= 15 is 0 Å². The first-order valence-corrected chi connectivity index (χ1v) is 13.7. The number of aryl methyl sites for hydroxylation is 1. The number of carbonyl (C=O) groups excluding carboxylic acids is 1. The summed E-state index contributed by atoms with van der Waals surface area (Å²) in [5.74, 6) is 0.702. The third-order valence-electron chi connectivity index (χ3n) is 7.34. The second kappa shape index (κ2) is 12.2. The summed E-state index contributed by atoms with van der Waals surface area (Å²) in [4.78, 5) is 38.3. The van der Waals surface area contributed by atoms with Crippen LogP contribution in [0.2, 0.25) is 5.02 Å². The topological polar surface area (TPSA) is 81.8 Å². The summed E-state index contributed by atoms with van der Waals surface area (Å²) in [6.45, 7) is 5.35. The number of rotatable bonds is 8. The van der Waals surface area contributed by atoms with Crippen LogP contribution in [0.25, 0.3) is 11.6 Å². The van der Waals surface area contributed by atoms with Gasteiger partial charge in [-0.25, -0.2) is 0 Å². The molecular formula is C30H34ClN5O3. The normalized spacial score (nSPS) is 15.9. The molecule has 2 aliphatic rings. The van der Waals surface area contributed by atoms with E-state index in [1.54, 1.807) is 43.5 Å². The van der Waals surface area contributed by atoms with E-state index in [1.165, 1.54) is 11.1 Å². The number of ether oxygens (including phenoxy) is 1. The maximum Gasteiger partial charge on any atom is 0.259 e. The highest BCUT2D eigenvalue weighted by Crippen LogP contribution is 2.33. The first-order valence-electron chi connectivity index (χ1n) is 13.3. The Kier molecular flexibility index (Phi) is 8.45. The van der Waals surface area contributed by atoms with E-state index < -0.39 is 0 Å². The summed E-state index contributed by atoms with van der Waals surface area (Å²) in [5, 5.41) is 0.570. The zero-order chi connectivity index (χ0) is 27.4. The fraction of sp³-hybridized carbons (Fsp3) is 0.367. The standard InChI is InChI=1S/C30H34ClN5O3/c1-34(2)28(37)19-36-13-11-35(12-14-36)18-21-3-4-23-16-24(6-5-22(23)15-21)29-27(9-10-32-30(29)38)39-20-26-8-7-25(31)17-33-26/h3-4,7-10,15-17H,5-6,11-14,18-20H2,1-2H3,(H,32,38). The van der Waals surface area contributed by atoms with Gasteiger partial charge in [-0.1, -0.05) is 35.9 Å². The van der Waals surface area contributed by atoms with Crippen LogP contribution in [0, 0.1) is 0 Å². The lowest BCUT2D eigenvalue weighted by molar-refractivity contribution is -0.130. The van der Waals surface area contributed by atoms with Gasteiger partial charge in [-0.15, -0.1) is 0 Å². The number of aromatic nitrogens is 2. The number of pyridine rings is 2. The van der Waals surface area contributed by atoms with Crippen molar-refractivity contribution in [2.75, 3.05) is 46.8 Å². The van der Waals surface area contributed by atoms with Crippen LogP contribution in [0.1, 0.15) is 34.4 Å². The molecule has 1 aliphatic carbocycles. The molecular weight excluding hydrogens is 514 g/mol. The summed E-state index contributed by atoms with van der Waals surface area (Å²) in [5.41, 5.74) is 5.86. The number of piperazine rings is 1. The smallest absolute Gasteiger partial charge is 0.259 e. The summed E-state index contributed by atoms with van der Waals surface area (Å²) in [6, 6.07) is 12.0. The Balaban J connectivity index is 1.25. The zero-order valence-electron chi connectivity index (χ0n) is 22.5. The molecule has 0 radical (unpaired) electrons. The van der Waals surface area contributed by atoms with Crippen LogP contribution in [0.3, 0.4) is 0 Å². The molecule has 8 nitrogen and oxygen atoms in total. The molecule has 204 valence electrons. The fourth-order valence-electron chi connectivity index (χ4n) is 5.07. The molecule has 0 atom stereocenters. The number of likely N-dealkylation sites (N-methyl/N-ethyl adjacent to an activating group) is 1. The molecule has 1 saturated heterocycles. The third kappa shape index (κ3) is 6.76. The van der Waals surface area contributed by atoms with Crippen LogP contribution in [0.5, 0.6) is 5.75 Å². The van der Waals surface area contributed by atoms with E-state index in [2.05, 4.69) is 44.0 Å². The monoisotopic (exact) mass is 547 g/mol. The van der Waals surface area contributed by atoms with Crippen molar-refractivity contribution in [1.29, 1.82) is 0 Å². The van der Waals surface area contributed by atoms with Gasteiger partial charge in [0.1, 0.15) is 12.4 Å². The van der Waals surface area contributed by atoms with Crippen LogP contribution in [-0.4, -0.2) is 77.4 Å². The molecule has 39 heavy (non-hydrogen) atoms. The Morgan fingerprint density at radius 2 is 1.87 bits per heavy atom. The van der Waals surface area contributed by atoms with Gasteiger partial charge in [-0.2, -0.15) is 0 Å². The Labute approximate surface area is 233 Å². The number of aromatic amines is 1. The molecule has 3 heterocycles. The van der Waals surface area contributed by atoms with Crippen molar-refractivity contribution in [2.45, 2.75) is 26.0 Å². The summed E-state index contributed by atoms with van der Waals surface area (Å²) in [7, 11) is 3.61. The van der Waals surface area contributed by atoms with Crippen molar-refractivity contribution >= 4 is 29.2 Å². The molecule has 1 aliphatic heterocycles. The lowest BCUT2D eigenvalue weighted by Gasteiger charge is -2.34. The average molecular weight is 548 g/mol. The highest BCUT2D eigenvalue weighted by Gasteiger charge is 2.22. The van der Waals surface area contributed by atoms with E-state index in [1.807, 2.05) is 6.07 Å². The average Bonchev–Trinajstić information content (AvgIpc) is 2.93. The Morgan fingerprint density at radius 3 is 2.62 bits per heavy atom. The van der Waals surface area contributed by atoms with Crippen molar-refractivity contribution in [1.82, 2.24) is 24.7 Å². The van der Waals surface area contributed by atoms with Crippen LogP contribution >= 0.6 is 11.6 Å². The number of halogens is 1. The second-order valence-corrected chi connectivity index (χ2v) is 10.8. The van der Waals surface area contributed by atoms with Gasteiger partial charge < -0.3 is 14.6 Å². The number of carbonyl (C=O) groups is 1. The maximum atomic E-state index is 12.9. The SMILES string of the molecule is CN(C)C(=O)CN1CCN(Cc2ccc3c(c2)CCC(c2c(OCc4ccc(Cl)cn4)cc[nH]c2=O)=C3)CC1. The number of nitrogens with one attached hydrogen (secondary N) is 1. The highest BCUT2D eigenvalue weighted by molar-refractivity contribution is 6.30. The quantitative estimate of drug-likeness (QED) is 0.463. The van der Waals surface area contributed by atoms with Crippen molar-refractivity contribution in [2.24, 2.45) is 0 Å². The lowest BCUT2D eigenvalue weighted by atomic mass is 9.88. The number of nitrogens with zero attached hydrogens (tertiary/aromatic N) is 4. The van der Waals surface area contributed by atoms with Gasteiger partial charge in [0.25, 0.3) is 5.56 Å². The van der Waals surface area contributed by atoms with Crippen molar-refractivity contribution in [3.8, 4) is 5.75 Å². The molecule has 0 saturated carbocycles. The number of hydrogen-bond acceptors (Lipinski definition) is 6. The third-order valence-corrected chi connectivity index (χ3v) is 7.56.